The van der Waals surface area contributed by atoms with Crippen molar-refractivity contribution >= 4 is 15.9 Å². The zero-order chi connectivity index (χ0) is 13.0. The molecule has 0 aromatic heterocycles. The SMILES string of the molecule is CCCN(Cc1ccc(Br)c(F)c1)C1CCNC1. The molecule has 1 aliphatic heterocycles. The summed E-state index contributed by atoms with van der Waals surface area (Å²) in [5, 5.41) is 3.39. The van der Waals surface area contributed by atoms with Crippen molar-refractivity contribution in [3.05, 3.63) is 34.1 Å². The van der Waals surface area contributed by atoms with E-state index >= 15 is 0 Å². The van der Waals surface area contributed by atoms with Gasteiger partial charge in [-0.05, 0) is 59.6 Å². The van der Waals surface area contributed by atoms with Crippen LogP contribution in [0.3, 0.4) is 0 Å². The average Bonchev–Trinajstić information content (AvgIpc) is 2.87. The molecule has 1 aromatic carbocycles. The van der Waals surface area contributed by atoms with Crippen LogP contribution in [0.1, 0.15) is 25.3 Å². The molecule has 4 heteroatoms. The molecular formula is C14H20BrFN2. The second-order valence-corrected chi connectivity index (χ2v) is 5.72. The van der Waals surface area contributed by atoms with Gasteiger partial charge in [0.05, 0.1) is 4.47 Å². The molecule has 1 saturated heterocycles. The van der Waals surface area contributed by atoms with Crippen LogP contribution in [0.15, 0.2) is 22.7 Å². The summed E-state index contributed by atoms with van der Waals surface area (Å²) in [5.41, 5.74) is 1.05. The molecule has 0 aliphatic carbocycles. The van der Waals surface area contributed by atoms with Gasteiger partial charge in [-0.1, -0.05) is 13.0 Å². The lowest BCUT2D eigenvalue weighted by Crippen LogP contribution is -2.36. The van der Waals surface area contributed by atoms with Crippen molar-refractivity contribution in [3.8, 4) is 0 Å². The Morgan fingerprint density at radius 2 is 2.33 bits per heavy atom. The summed E-state index contributed by atoms with van der Waals surface area (Å²) in [5.74, 6) is -0.173. The molecule has 0 bridgehead atoms. The van der Waals surface area contributed by atoms with Crippen LogP contribution in [-0.2, 0) is 6.54 Å². The molecule has 1 aliphatic rings. The van der Waals surface area contributed by atoms with Gasteiger partial charge in [0.25, 0.3) is 0 Å². The quantitative estimate of drug-likeness (QED) is 0.898. The van der Waals surface area contributed by atoms with Crippen molar-refractivity contribution in [3.63, 3.8) is 0 Å². The summed E-state index contributed by atoms with van der Waals surface area (Å²) in [6, 6.07) is 6.02. The van der Waals surface area contributed by atoms with Gasteiger partial charge in [-0.2, -0.15) is 0 Å². The summed E-state index contributed by atoms with van der Waals surface area (Å²) in [7, 11) is 0. The number of rotatable bonds is 5. The molecule has 1 fully saturated rings. The van der Waals surface area contributed by atoms with Crippen LogP contribution >= 0.6 is 15.9 Å². The van der Waals surface area contributed by atoms with E-state index in [1.165, 1.54) is 6.42 Å². The van der Waals surface area contributed by atoms with Crippen molar-refractivity contribution in [1.29, 1.82) is 0 Å². The first kappa shape index (κ1) is 14.0. The molecule has 0 amide bonds. The average molecular weight is 315 g/mol. The third-order valence-electron chi connectivity index (χ3n) is 3.43. The maximum atomic E-state index is 13.5. The predicted octanol–water partition coefficient (Wildman–Crippen LogP) is 3.16. The van der Waals surface area contributed by atoms with E-state index in [1.807, 2.05) is 6.07 Å². The normalized spacial score (nSPS) is 19.7. The van der Waals surface area contributed by atoms with Crippen LogP contribution in [0.25, 0.3) is 0 Å². The largest absolute Gasteiger partial charge is 0.315 e. The summed E-state index contributed by atoms with van der Waals surface area (Å²) < 4.78 is 14.1. The Labute approximate surface area is 117 Å². The minimum atomic E-state index is -0.173. The first-order valence-corrected chi connectivity index (χ1v) is 7.38. The van der Waals surface area contributed by atoms with Gasteiger partial charge in [0.1, 0.15) is 5.82 Å². The van der Waals surface area contributed by atoms with E-state index in [-0.39, 0.29) is 5.82 Å². The Balaban J connectivity index is 2.04. The molecule has 0 spiro atoms. The Hall–Kier alpha value is -0.450. The fraction of sp³-hybridized carbons (Fsp3) is 0.571. The summed E-state index contributed by atoms with van der Waals surface area (Å²) >= 11 is 3.19. The molecule has 0 radical (unpaired) electrons. The monoisotopic (exact) mass is 314 g/mol. The van der Waals surface area contributed by atoms with E-state index < -0.39 is 0 Å². The highest BCUT2D eigenvalue weighted by atomic mass is 79.9. The van der Waals surface area contributed by atoms with Gasteiger partial charge in [-0.25, -0.2) is 4.39 Å². The summed E-state index contributed by atoms with van der Waals surface area (Å²) in [6.07, 6.45) is 2.33. The Morgan fingerprint density at radius 3 is 2.94 bits per heavy atom. The summed E-state index contributed by atoms with van der Waals surface area (Å²) in [6.45, 7) is 6.25. The van der Waals surface area contributed by atoms with Gasteiger partial charge in [-0.15, -0.1) is 0 Å². The van der Waals surface area contributed by atoms with Gasteiger partial charge in [-0.3, -0.25) is 4.90 Å². The number of benzene rings is 1. The molecule has 1 unspecified atom stereocenters. The van der Waals surface area contributed by atoms with Gasteiger partial charge >= 0.3 is 0 Å². The lowest BCUT2D eigenvalue weighted by molar-refractivity contribution is 0.199. The first-order valence-electron chi connectivity index (χ1n) is 6.59. The van der Waals surface area contributed by atoms with Crippen molar-refractivity contribution in [2.24, 2.45) is 0 Å². The summed E-state index contributed by atoms with van der Waals surface area (Å²) in [4.78, 5) is 2.46. The number of nitrogens with one attached hydrogen (secondary N) is 1. The minimum Gasteiger partial charge on any atom is -0.315 e. The lowest BCUT2D eigenvalue weighted by Gasteiger charge is -2.28. The molecule has 1 N–H and O–H groups in total. The first-order chi connectivity index (χ1) is 8.70. The van der Waals surface area contributed by atoms with E-state index in [0.717, 1.165) is 38.2 Å². The fourth-order valence-corrected chi connectivity index (χ4v) is 2.75. The molecule has 18 heavy (non-hydrogen) atoms. The molecule has 100 valence electrons. The highest BCUT2D eigenvalue weighted by Gasteiger charge is 2.21. The number of halogens is 2. The Bertz CT molecular complexity index is 391. The van der Waals surface area contributed by atoms with Crippen LogP contribution in [0.5, 0.6) is 0 Å². The molecule has 1 aromatic rings. The van der Waals surface area contributed by atoms with Crippen molar-refractivity contribution < 1.29 is 4.39 Å². The van der Waals surface area contributed by atoms with Crippen molar-refractivity contribution in [1.82, 2.24) is 10.2 Å². The van der Waals surface area contributed by atoms with Crippen LogP contribution in [0, 0.1) is 5.82 Å². The fourth-order valence-electron chi connectivity index (χ4n) is 2.50. The number of hydrogen-bond acceptors (Lipinski definition) is 2. The van der Waals surface area contributed by atoms with Crippen molar-refractivity contribution in [2.75, 3.05) is 19.6 Å². The van der Waals surface area contributed by atoms with Gasteiger partial charge in [0.2, 0.25) is 0 Å². The predicted molar refractivity (Wildman–Crippen MR) is 76.1 cm³/mol. The maximum Gasteiger partial charge on any atom is 0.137 e. The molecular weight excluding hydrogens is 295 g/mol. The standard InChI is InChI=1S/C14H20BrFN2/c1-2-7-18(12-5-6-17-9-12)10-11-3-4-13(15)14(16)8-11/h3-4,8,12,17H,2,5-7,9-10H2,1H3. The molecule has 2 nitrogen and oxygen atoms in total. The maximum absolute atomic E-state index is 13.5. The zero-order valence-electron chi connectivity index (χ0n) is 10.8. The van der Waals surface area contributed by atoms with E-state index in [4.69, 9.17) is 0 Å². The van der Waals surface area contributed by atoms with Gasteiger partial charge in [0.15, 0.2) is 0 Å². The number of hydrogen-bond donors (Lipinski definition) is 1. The van der Waals surface area contributed by atoms with E-state index in [9.17, 15) is 4.39 Å². The number of nitrogens with zero attached hydrogens (tertiary/aromatic N) is 1. The lowest BCUT2D eigenvalue weighted by atomic mass is 10.1. The van der Waals surface area contributed by atoms with Crippen LogP contribution in [-0.4, -0.2) is 30.6 Å². The van der Waals surface area contributed by atoms with Crippen molar-refractivity contribution in [2.45, 2.75) is 32.4 Å². The topological polar surface area (TPSA) is 15.3 Å². The third kappa shape index (κ3) is 3.53. The Kier molecular flexibility index (Phi) is 5.15. The second kappa shape index (κ2) is 6.64. The molecule has 1 heterocycles. The van der Waals surface area contributed by atoms with Gasteiger partial charge < -0.3 is 5.32 Å². The Morgan fingerprint density at radius 1 is 1.50 bits per heavy atom. The molecule has 1 atom stereocenters. The molecule has 2 rings (SSSR count). The highest BCUT2D eigenvalue weighted by Crippen LogP contribution is 2.19. The van der Waals surface area contributed by atoms with Crippen LogP contribution < -0.4 is 5.32 Å². The van der Waals surface area contributed by atoms with Gasteiger partial charge in [0, 0.05) is 19.1 Å². The van der Waals surface area contributed by atoms with E-state index in [1.54, 1.807) is 12.1 Å². The smallest absolute Gasteiger partial charge is 0.137 e. The highest BCUT2D eigenvalue weighted by molar-refractivity contribution is 9.10. The second-order valence-electron chi connectivity index (χ2n) is 4.87. The zero-order valence-corrected chi connectivity index (χ0v) is 12.3. The van der Waals surface area contributed by atoms with Crippen LogP contribution in [0.4, 0.5) is 4.39 Å². The van der Waals surface area contributed by atoms with E-state index in [2.05, 4.69) is 33.1 Å². The molecule has 0 saturated carbocycles. The van der Waals surface area contributed by atoms with E-state index in [0.29, 0.717) is 10.5 Å². The van der Waals surface area contributed by atoms with Crippen LogP contribution in [0.2, 0.25) is 0 Å². The third-order valence-corrected chi connectivity index (χ3v) is 4.07. The minimum absolute atomic E-state index is 0.173.